The molecule has 0 aliphatic heterocycles. The molecular weight excluding hydrogens is 310 g/mol. The van der Waals surface area contributed by atoms with E-state index in [1.165, 1.54) is 0 Å². The average Bonchev–Trinajstić information content (AvgIpc) is 2.26. The lowest BCUT2D eigenvalue weighted by Gasteiger charge is -2.21. The number of esters is 1. The summed E-state index contributed by atoms with van der Waals surface area (Å²) in [5.41, 5.74) is -0.473. The van der Waals surface area contributed by atoms with Crippen molar-refractivity contribution in [3.8, 4) is 0 Å². The third-order valence-corrected chi connectivity index (χ3v) is 1.53. The molecule has 0 aromatic carbocycles. The number of carbonyl (C=O) groups is 2. The Kier molecular flexibility index (Phi) is 8.44. The molecule has 0 bridgehead atoms. The zero-order valence-corrected chi connectivity index (χ0v) is 10.7. The second-order valence-electron chi connectivity index (χ2n) is 3.56. The first-order valence-corrected chi connectivity index (χ1v) is 5.05. The van der Waals surface area contributed by atoms with Crippen molar-refractivity contribution >= 4 is 11.9 Å². The summed E-state index contributed by atoms with van der Waals surface area (Å²) >= 11 is 0. The molecule has 0 amide bonds. The molecule has 0 heterocycles. The molecule has 0 saturated heterocycles. The molecule has 0 aliphatic rings. The summed E-state index contributed by atoms with van der Waals surface area (Å²) < 4.78 is 75.8. The van der Waals surface area contributed by atoms with Crippen LogP contribution in [0.4, 0.5) is 26.3 Å². The van der Waals surface area contributed by atoms with Crippen LogP contribution in [0.25, 0.3) is 0 Å². The van der Waals surface area contributed by atoms with Crippen LogP contribution >= 0.6 is 0 Å². The number of hydrogen-bond acceptors (Lipinski definition) is 3. The summed E-state index contributed by atoms with van der Waals surface area (Å²) in [7, 11) is 0. The van der Waals surface area contributed by atoms with Gasteiger partial charge in [-0.3, -0.25) is 0 Å². The van der Waals surface area contributed by atoms with E-state index in [0.29, 0.717) is 0 Å². The average molecular weight is 322 g/mol. The van der Waals surface area contributed by atoms with Crippen LogP contribution in [0.15, 0.2) is 24.8 Å². The molecule has 1 N–H and O–H groups in total. The van der Waals surface area contributed by atoms with E-state index in [0.717, 1.165) is 13.0 Å². The second kappa shape index (κ2) is 8.32. The predicted octanol–water partition coefficient (Wildman–Crippen LogP) is 3.25. The number of rotatable bonds is 5. The minimum absolute atomic E-state index is 0.473. The minimum Gasteiger partial charge on any atom is -0.478 e. The summed E-state index contributed by atoms with van der Waals surface area (Å²) in [5, 5.41) is 7.60. The maximum absolute atomic E-state index is 12.6. The maximum Gasteiger partial charge on any atom is 0.432 e. The van der Waals surface area contributed by atoms with E-state index in [1.807, 2.05) is 0 Å². The van der Waals surface area contributed by atoms with Gasteiger partial charge in [-0.25, -0.2) is 14.0 Å². The van der Waals surface area contributed by atoms with Crippen LogP contribution in [-0.4, -0.2) is 35.5 Å². The molecule has 0 aliphatic carbocycles. The third-order valence-electron chi connectivity index (χ3n) is 1.53. The van der Waals surface area contributed by atoms with Gasteiger partial charge in [-0.15, -0.1) is 0 Å². The van der Waals surface area contributed by atoms with E-state index in [1.54, 1.807) is 0 Å². The summed E-state index contributed by atoms with van der Waals surface area (Å²) in [6, 6.07) is 0. The highest BCUT2D eigenvalue weighted by Crippen LogP contribution is 2.33. The Labute approximate surface area is 115 Å². The number of ether oxygens (including phenoxy) is 1. The third kappa shape index (κ3) is 11.5. The molecule has 0 aromatic heterocycles. The molecule has 0 spiro atoms. The molecule has 0 fully saturated rings. The quantitative estimate of drug-likeness (QED) is 0.479. The van der Waals surface area contributed by atoms with Crippen molar-refractivity contribution in [1.29, 1.82) is 0 Å². The Hall–Kier alpha value is -2.00. The fourth-order valence-electron chi connectivity index (χ4n) is 0.597. The Morgan fingerprint density at radius 2 is 1.67 bits per heavy atom. The Morgan fingerprint density at radius 3 is 1.90 bits per heavy atom. The van der Waals surface area contributed by atoms with Crippen molar-refractivity contribution in [2.45, 2.75) is 31.8 Å². The molecule has 4 nitrogen and oxygen atoms in total. The second-order valence-corrected chi connectivity index (χ2v) is 3.56. The highest BCUT2D eigenvalue weighted by atomic mass is 19.4. The molecule has 0 aromatic rings. The Bertz CT molecular complexity index is 402. The smallest absolute Gasteiger partial charge is 0.432 e. The first kappa shape index (κ1) is 21.3. The first-order chi connectivity index (χ1) is 9.23. The number of carboxylic acids is 1. The van der Waals surface area contributed by atoms with E-state index in [2.05, 4.69) is 17.9 Å². The van der Waals surface area contributed by atoms with Gasteiger partial charge in [0.15, 0.2) is 0 Å². The number of hydrogen-bond donors (Lipinski definition) is 1. The first-order valence-electron chi connectivity index (χ1n) is 5.05. The Morgan fingerprint density at radius 1 is 1.29 bits per heavy atom. The molecule has 122 valence electrons. The molecule has 10 heteroatoms. The number of aliphatic carboxylic acids is 1. The van der Waals surface area contributed by atoms with Gasteiger partial charge in [0.2, 0.25) is 6.17 Å². The summed E-state index contributed by atoms with van der Waals surface area (Å²) in [5.74, 6) is -2.64. The van der Waals surface area contributed by atoms with E-state index in [9.17, 15) is 35.9 Å². The van der Waals surface area contributed by atoms with Gasteiger partial charge >= 0.3 is 24.2 Å². The van der Waals surface area contributed by atoms with Crippen LogP contribution in [0.5, 0.6) is 0 Å². The monoisotopic (exact) mass is 322 g/mol. The van der Waals surface area contributed by atoms with E-state index < -0.39 is 42.4 Å². The summed E-state index contributed by atoms with van der Waals surface area (Å²) in [6.07, 6.45) is -15.1. The zero-order chi connectivity index (χ0) is 17.4. The number of carboxylic acid groups (broad SMARTS) is 1. The fraction of sp³-hybridized carbons (Fsp3) is 0.455. The van der Waals surface area contributed by atoms with Crippen LogP contribution in [0, 0.1) is 0 Å². The number of carbonyl (C=O) groups excluding carboxylic acids is 1. The van der Waals surface area contributed by atoms with Crippen LogP contribution in [0.1, 0.15) is 13.3 Å². The lowest BCUT2D eigenvalue weighted by molar-refractivity contribution is -0.275. The van der Waals surface area contributed by atoms with Gasteiger partial charge in [-0.05, 0) is 6.92 Å². The van der Waals surface area contributed by atoms with Crippen molar-refractivity contribution in [2.24, 2.45) is 0 Å². The van der Waals surface area contributed by atoms with Gasteiger partial charge in [0.25, 0.3) is 0 Å². The van der Waals surface area contributed by atoms with Crippen molar-refractivity contribution < 1.29 is 45.8 Å². The largest absolute Gasteiger partial charge is 0.478 e. The summed E-state index contributed by atoms with van der Waals surface area (Å²) in [4.78, 5) is 19.8. The molecule has 0 saturated carbocycles. The van der Waals surface area contributed by atoms with E-state index in [-0.39, 0.29) is 0 Å². The summed E-state index contributed by atoms with van der Waals surface area (Å²) in [6.45, 7) is 6.88. The van der Waals surface area contributed by atoms with E-state index >= 15 is 0 Å². The van der Waals surface area contributed by atoms with Crippen LogP contribution in [0.3, 0.4) is 0 Å². The van der Waals surface area contributed by atoms with Crippen LogP contribution in [0.2, 0.25) is 0 Å². The van der Waals surface area contributed by atoms with Gasteiger partial charge in [0, 0.05) is 11.6 Å². The van der Waals surface area contributed by atoms with Crippen LogP contribution in [-0.2, 0) is 14.3 Å². The molecule has 0 radical (unpaired) electrons. The fourth-order valence-corrected chi connectivity index (χ4v) is 0.597. The van der Waals surface area contributed by atoms with Crippen molar-refractivity contribution in [2.75, 3.05) is 0 Å². The number of alkyl halides is 6. The minimum atomic E-state index is -5.11. The van der Waals surface area contributed by atoms with Crippen molar-refractivity contribution in [3.05, 3.63) is 24.8 Å². The Balaban J connectivity index is 0. The van der Waals surface area contributed by atoms with Gasteiger partial charge in [0.05, 0.1) is 6.42 Å². The lowest BCUT2D eigenvalue weighted by Crippen LogP contribution is -2.38. The predicted molar refractivity (Wildman–Crippen MR) is 59.3 cm³/mol. The zero-order valence-electron chi connectivity index (χ0n) is 10.7. The molecule has 21 heavy (non-hydrogen) atoms. The molecular formula is C11H12F6O4. The van der Waals surface area contributed by atoms with Gasteiger partial charge < -0.3 is 9.84 Å². The molecule has 1 atom stereocenters. The van der Waals surface area contributed by atoms with E-state index in [4.69, 9.17) is 5.11 Å². The lowest BCUT2D eigenvalue weighted by atomic mass is 10.2. The molecule has 0 rings (SSSR count). The number of halogens is 6. The SMILES string of the molecule is C=C(C)C(=O)OC(F)(F)C(F)CC(F)(F)F.C=CC(=O)O. The highest BCUT2D eigenvalue weighted by molar-refractivity contribution is 5.87. The standard InChI is InChI=1S/C8H8F6O2.C3H4O2/c1-4(2)6(15)16-8(13,14)5(9)3-7(10,11)12;1-2-3(4)5/h5H,1,3H2,2H3;2H,1H2,(H,4,5). The highest BCUT2D eigenvalue weighted by Gasteiger charge is 2.50. The van der Waals surface area contributed by atoms with Gasteiger partial charge in [-0.1, -0.05) is 13.2 Å². The van der Waals surface area contributed by atoms with Crippen LogP contribution < -0.4 is 0 Å². The van der Waals surface area contributed by atoms with Gasteiger partial charge in [-0.2, -0.15) is 22.0 Å². The van der Waals surface area contributed by atoms with Gasteiger partial charge in [0.1, 0.15) is 0 Å². The maximum atomic E-state index is 12.6. The van der Waals surface area contributed by atoms with Crippen molar-refractivity contribution in [1.82, 2.24) is 0 Å². The topological polar surface area (TPSA) is 63.6 Å². The normalized spacial score (nSPS) is 12.5. The van der Waals surface area contributed by atoms with Crippen molar-refractivity contribution in [3.63, 3.8) is 0 Å². The molecule has 1 unspecified atom stereocenters.